The Bertz CT molecular complexity index is 924. The zero-order chi connectivity index (χ0) is 43.5. The summed E-state index contributed by atoms with van der Waals surface area (Å²) < 4.78 is 17.2. The highest BCUT2D eigenvalue weighted by Crippen LogP contribution is 2.19. The predicted molar refractivity (Wildman–Crippen MR) is 254 cm³/mol. The van der Waals surface area contributed by atoms with Gasteiger partial charge in [-0.2, -0.15) is 0 Å². The maximum Gasteiger partial charge on any atom is 0.306 e. The standard InChI is InChI=1S/C52H102N2O5/c1-8-11-14-17-20-29-36-46-58-48(4)38-30-23-21-27-34-43-54(45-37-42-53-51(56)52(5,6)47-57-7)44-35-28-22-26-33-41-50(55)59-49(39-31-24-18-15-12-9-2)40-32-25-19-16-13-10-3/h49H,4,8-47H2,1-3,5-7H3,(H,53,56). The molecule has 0 aliphatic rings. The number of hydrogen-bond acceptors (Lipinski definition) is 6. The highest BCUT2D eigenvalue weighted by molar-refractivity contribution is 5.81. The fourth-order valence-corrected chi connectivity index (χ4v) is 7.99. The highest BCUT2D eigenvalue weighted by atomic mass is 16.5. The Hall–Kier alpha value is -1.60. The fourth-order valence-electron chi connectivity index (χ4n) is 7.99. The summed E-state index contributed by atoms with van der Waals surface area (Å²) in [6, 6.07) is 0. The number of unbranched alkanes of at least 4 members (excludes halogenated alkanes) is 24. The summed E-state index contributed by atoms with van der Waals surface area (Å²) in [4.78, 5) is 28.1. The summed E-state index contributed by atoms with van der Waals surface area (Å²) in [5.74, 6) is 1.05. The van der Waals surface area contributed by atoms with Crippen molar-refractivity contribution in [1.82, 2.24) is 10.2 Å². The van der Waals surface area contributed by atoms with E-state index in [9.17, 15) is 9.59 Å². The lowest BCUT2D eigenvalue weighted by Crippen LogP contribution is -2.41. The van der Waals surface area contributed by atoms with Crippen LogP contribution in [0.3, 0.4) is 0 Å². The van der Waals surface area contributed by atoms with Gasteiger partial charge in [0.25, 0.3) is 0 Å². The SMILES string of the molecule is C=C(CCCCCCCN(CCCCCCCC(=O)OC(CCCCCCCC)CCCCCCCC)CCCNC(=O)C(C)(C)COC)OCCCCCCCCC. The number of rotatable bonds is 47. The van der Waals surface area contributed by atoms with Crippen LogP contribution in [0.1, 0.15) is 253 Å². The van der Waals surface area contributed by atoms with Gasteiger partial charge in [-0.3, -0.25) is 9.59 Å². The minimum Gasteiger partial charge on any atom is -0.499 e. The molecule has 0 atom stereocenters. The number of esters is 1. The van der Waals surface area contributed by atoms with Gasteiger partial charge in [0.15, 0.2) is 0 Å². The van der Waals surface area contributed by atoms with Gasteiger partial charge < -0.3 is 24.4 Å². The van der Waals surface area contributed by atoms with Crippen LogP contribution >= 0.6 is 0 Å². The lowest BCUT2D eigenvalue weighted by Gasteiger charge is -2.24. The summed E-state index contributed by atoms with van der Waals surface area (Å²) in [6.07, 6.45) is 40.9. The van der Waals surface area contributed by atoms with E-state index in [4.69, 9.17) is 14.2 Å². The number of allylic oxidation sites excluding steroid dienone is 1. The van der Waals surface area contributed by atoms with Crippen molar-refractivity contribution >= 4 is 11.9 Å². The van der Waals surface area contributed by atoms with Crippen LogP contribution in [0.4, 0.5) is 0 Å². The van der Waals surface area contributed by atoms with Gasteiger partial charge in [0.2, 0.25) is 5.91 Å². The van der Waals surface area contributed by atoms with E-state index in [1.54, 1.807) is 7.11 Å². The topological polar surface area (TPSA) is 77.1 Å². The lowest BCUT2D eigenvalue weighted by atomic mass is 9.93. The first-order valence-electron chi connectivity index (χ1n) is 25.7. The van der Waals surface area contributed by atoms with Crippen LogP contribution in [0, 0.1) is 5.41 Å². The molecule has 59 heavy (non-hydrogen) atoms. The molecule has 0 fully saturated rings. The van der Waals surface area contributed by atoms with Gasteiger partial charge in [-0.05, 0) is 97.7 Å². The Kier molecular flexibility index (Phi) is 41.9. The molecule has 0 saturated carbocycles. The van der Waals surface area contributed by atoms with Crippen molar-refractivity contribution < 1.29 is 23.8 Å². The molecule has 0 aliphatic heterocycles. The van der Waals surface area contributed by atoms with Crippen molar-refractivity contribution in [3.63, 3.8) is 0 Å². The third-order valence-electron chi connectivity index (χ3n) is 12.0. The molecular weight excluding hydrogens is 733 g/mol. The van der Waals surface area contributed by atoms with Gasteiger partial charge in [-0.25, -0.2) is 0 Å². The molecule has 0 rings (SSSR count). The van der Waals surface area contributed by atoms with E-state index in [-0.39, 0.29) is 18.0 Å². The van der Waals surface area contributed by atoms with E-state index in [1.807, 2.05) is 13.8 Å². The molecule has 1 amide bonds. The summed E-state index contributed by atoms with van der Waals surface area (Å²) in [6.45, 7) is 20.0. The average Bonchev–Trinajstić information content (AvgIpc) is 3.21. The van der Waals surface area contributed by atoms with Gasteiger partial charge in [0.1, 0.15) is 6.10 Å². The Morgan fingerprint density at radius 3 is 1.49 bits per heavy atom. The summed E-state index contributed by atoms with van der Waals surface area (Å²) in [5.41, 5.74) is -0.514. The van der Waals surface area contributed by atoms with E-state index in [1.165, 1.54) is 161 Å². The molecule has 7 nitrogen and oxygen atoms in total. The van der Waals surface area contributed by atoms with Crippen LogP contribution in [-0.4, -0.2) is 69.4 Å². The van der Waals surface area contributed by atoms with Crippen molar-refractivity contribution in [2.24, 2.45) is 5.41 Å². The van der Waals surface area contributed by atoms with E-state index in [0.29, 0.717) is 19.6 Å². The van der Waals surface area contributed by atoms with Crippen molar-refractivity contribution in [3.8, 4) is 0 Å². The Morgan fingerprint density at radius 1 is 0.559 bits per heavy atom. The van der Waals surface area contributed by atoms with Crippen LogP contribution in [-0.2, 0) is 23.8 Å². The van der Waals surface area contributed by atoms with E-state index >= 15 is 0 Å². The van der Waals surface area contributed by atoms with Crippen molar-refractivity contribution in [1.29, 1.82) is 0 Å². The van der Waals surface area contributed by atoms with Gasteiger partial charge in [-0.15, -0.1) is 0 Å². The van der Waals surface area contributed by atoms with E-state index < -0.39 is 5.41 Å². The monoisotopic (exact) mass is 835 g/mol. The average molecular weight is 835 g/mol. The third kappa shape index (κ3) is 39.0. The molecule has 0 aromatic heterocycles. The number of hydrogen-bond donors (Lipinski definition) is 1. The lowest BCUT2D eigenvalue weighted by molar-refractivity contribution is -0.150. The minimum absolute atomic E-state index is 0.0212. The van der Waals surface area contributed by atoms with Crippen LogP contribution < -0.4 is 5.32 Å². The smallest absolute Gasteiger partial charge is 0.306 e. The van der Waals surface area contributed by atoms with Crippen LogP contribution in [0.2, 0.25) is 0 Å². The molecule has 0 spiro atoms. The van der Waals surface area contributed by atoms with Crippen molar-refractivity contribution in [2.75, 3.05) is 46.5 Å². The van der Waals surface area contributed by atoms with Crippen LogP contribution in [0.25, 0.3) is 0 Å². The minimum atomic E-state index is -0.514. The second-order valence-electron chi connectivity index (χ2n) is 18.5. The van der Waals surface area contributed by atoms with E-state index in [0.717, 1.165) is 83.4 Å². The van der Waals surface area contributed by atoms with Gasteiger partial charge in [0, 0.05) is 26.5 Å². The Balaban J connectivity index is 4.52. The number of nitrogens with zero attached hydrogens (tertiary/aromatic N) is 1. The van der Waals surface area contributed by atoms with Crippen LogP contribution in [0.15, 0.2) is 12.3 Å². The quantitative estimate of drug-likeness (QED) is 0.0374. The molecule has 0 aromatic carbocycles. The zero-order valence-corrected chi connectivity index (χ0v) is 40.6. The predicted octanol–water partition coefficient (Wildman–Crippen LogP) is 14.8. The molecule has 0 saturated heterocycles. The molecule has 0 unspecified atom stereocenters. The molecular formula is C52H102N2O5. The molecule has 0 aliphatic carbocycles. The van der Waals surface area contributed by atoms with Crippen molar-refractivity contribution in [3.05, 3.63) is 12.3 Å². The normalized spacial score (nSPS) is 11.8. The number of nitrogens with one attached hydrogen (secondary N) is 1. The number of carbonyl (C=O) groups is 2. The van der Waals surface area contributed by atoms with E-state index in [2.05, 4.69) is 37.6 Å². The first-order chi connectivity index (χ1) is 28.7. The maximum absolute atomic E-state index is 12.9. The van der Waals surface area contributed by atoms with Crippen LogP contribution in [0.5, 0.6) is 0 Å². The molecule has 7 heteroatoms. The number of methoxy groups -OCH3 is 1. The molecule has 1 N–H and O–H groups in total. The summed E-state index contributed by atoms with van der Waals surface area (Å²) >= 11 is 0. The Labute approximate surface area is 368 Å². The van der Waals surface area contributed by atoms with Gasteiger partial charge in [0.05, 0.1) is 24.4 Å². The second-order valence-corrected chi connectivity index (χ2v) is 18.5. The molecule has 350 valence electrons. The third-order valence-corrected chi connectivity index (χ3v) is 12.0. The first kappa shape index (κ1) is 57.4. The largest absolute Gasteiger partial charge is 0.499 e. The summed E-state index contributed by atoms with van der Waals surface area (Å²) in [5, 5.41) is 3.14. The summed E-state index contributed by atoms with van der Waals surface area (Å²) in [7, 11) is 1.65. The Morgan fingerprint density at radius 2 is 0.983 bits per heavy atom. The number of ether oxygens (including phenoxy) is 3. The maximum atomic E-state index is 12.9. The van der Waals surface area contributed by atoms with Gasteiger partial charge in [-0.1, -0.05) is 169 Å². The molecule has 0 bridgehead atoms. The molecule has 0 heterocycles. The fraction of sp³-hybridized carbons (Fsp3) is 0.923. The highest BCUT2D eigenvalue weighted by Gasteiger charge is 2.27. The zero-order valence-electron chi connectivity index (χ0n) is 40.6. The van der Waals surface area contributed by atoms with Crippen molar-refractivity contribution in [2.45, 2.75) is 259 Å². The molecule has 0 radical (unpaired) electrons. The van der Waals surface area contributed by atoms with Gasteiger partial charge >= 0.3 is 5.97 Å². The second kappa shape index (κ2) is 43.1. The number of carbonyl (C=O) groups excluding carboxylic acids is 2. The number of amides is 1. The first-order valence-corrected chi connectivity index (χ1v) is 25.7. The molecule has 0 aromatic rings.